The van der Waals surface area contributed by atoms with Crippen molar-refractivity contribution in [3.63, 3.8) is 0 Å². The monoisotopic (exact) mass is 341 g/mol. The number of carbonyl (C=O) groups excluding carboxylic acids is 1. The minimum absolute atomic E-state index is 0.0543. The van der Waals surface area contributed by atoms with Gasteiger partial charge < -0.3 is 10.6 Å². The van der Waals surface area contributed by atoms with Gasteiger partial charge in [0.05, 0.1) is 11.2 Å². The van der Waals surface area contributed by atoms with Crippen LogP contribution in [0.1, 0.15) is 44.4 Å². The summed E-state index contributed by atoms with van der Waals surface area (Å²) in [6, 6.07) is 6.27. The van der Waals surface area contributed by atoms with E-state index in [1.165, 1.54) is 0 Å². The van der Waals surface area contributed by atoms with Gasteiger partial charge >= 0.3 is 0 Å². The van der Waals surface area contributed by atoms with Crippen LogP contribution in [0.5, 0.6) is 0 Å². The molecule has 1 aromatic heterocycles. The van der Waals surface area contributed by atoms with E-state index >= 15 is 0 Å². The van der Waals surface area contributed by atoms with E-state index in [9.17, 15) is 4.79 Å². The molecule has 2 heterocycles. The molecule has 0 spiro atoms. The molecular formula is C19H27N5O. The summed E-state index contributed by atoms with van der Waals surface area (Å²) in [5, 5.41) is 10.7. The summed E-state index contributed by atoms with van der Waals surface area (Å²) >= 11 is 0. The Balaban J connectivity index is 1.76. The van der Waals surface area contributed by atoms with Crippen molar-refractivity contribution >= 4 is 22.8 Å². The number of carbonyl (C=O) groups is 1. The molecular weight excluding hydrogens is 314 g/mol. The molecule has 2 atom stereocenters. The van der Waals surface area contributed by atoms with Crippen molar-refractivity contribution in [3.05, 3.63) is 29.5 Å². The molecule has 0 bridgehead atoms. The Morgan fingerprint density at radius 2 is 2.08 bits per heavy atom. The van der Waals surface area contributed by atoms with Crippen LogP contribution in [-0.2, 0) is 4.79 Å². The summed E-state index contributed by atoms with van der Waals surface area (Å²) in [4.78, 5) is 21.2. The third-order valence-corrected chi connectivity index (χ3v) is 4.62. The maximum Gasteiger partial charge on any atom is 0.226 e. The molecule has 1 saturated heterocycles. The first-order valence-corrected chi connectivity index (χ1v) is 8.98. The first-order valence-electron chi connectivity index (χ1n) is 8.98. The van der Waals surface area contributed by atoms with Crippen molar-refractivity contribution in [2.24, 2.45) is 5.92 Å². The van der Waals surface area contributed by atoms with Crippen molar-refractivity contribution in [1.82, 2.24) is 20.6 Å². The molecule has 134 valence electrons. The second kappa shape index (κ2) is 7.35. The second-order valence-electron chi connectivity index (χ2n) is 7.29. The lowest BCUT2D eigenvalue weighted by molar-refractivity contribution is -0.124. The number of hydrogen-bond donors (Lipinski definition) is 3. The van der Waals surface area contributed by atoms with E-state index in [0.29, 0.717) is 18.3 Å². The Labute approximate surface area is 148 Å². The summed E-state index contributed by atoms with van der Waals surface area (Å²) in [5.41, 5.74) is 2.98. The summed E-state index contributed by atoms with van der Waals surface area (Å²) in [5.74, 6) is 1.22. The molecule has 3 rings (SSSR count). The van der Waals surface area contributed by atoms with E-state index in [0.717, 1.165) is 35.0 Å². The van der Waals surface area contributed by atoms with Gasteiger partial charge in [-0.25, -0.2) is 9.97 Å². The predicted molar refractivity (Wildman–Crippen MR) is 100 cm³/mol. The lowest BCUT2D eigenvalue weighted by atomic mass is 10.00. The van der Waals surface area contributed by atoms with Crippen LogP contribution < -0.4 is 16.0 Å². The molecule has 0 aliphatic carbocycles. The molecule has 0 radical (unpaired) electrons. The van der Waals surface area contributed by atoms with Gasteiger partial charge in [-0.3, -0.25) is 10.1 Å². The molecule has 0 saturated carbocycles. The van der Waals surface area contributed by atoms with Crippen LogP contribution in [0, 0.1) is 19.8 Å². The molecule has 2 aromatic rings. The topological polar surface area (TPSA) is 78.9 Å². The molecule has 1 fully saturated rings. The van der Waals surface area contributed by atoms with E-state index in [1.807, 2.05) is 32.0 Å². The number of nitrogens with one attached hydrogen (secondary N) is 3. The Morgan fingerprint density at radius 1 is 1.28 bits per heavy atom. The number of fused-ring (bicyclic) bond motifs is 1. The highest BCUT2D eigenvalue weighted by molar-refractivity contribution is 5.84. The lowest BCUT2D eigenvalue weighted by Crippen LogP contribution is -2.60. The highest BCUT2D eigenvalue weighted by Gasteiger charge is 2.26. The zero-order valence-electron chi connectivity index (χ0n) is 15.4. The van der Waals surface area contributed by atoms with Gasteiger partial charge in [-0.05, 0) is 38.2 Å². The first kappa shape index (κ1) is 17.6. The summed E-state index contributed by atoms with van der Waals surface area (Å²) < 4.78 is 0. The number of aryl methyl sites for hydroxylation is 2. The van der Waals surface area contributed by atoms with Crippen molar-refractivity contribution in [1.29, 1.82) is 0 Å². The second-order valence-corrected chi connectivity index (χ2v) is 7.29. The summed E-state index contributed by atoms with van der Waals surface area (Å²) in [7, 11) is 0. The van der Waals surface area contributed by atoms with Crippen LogP contribution in [0.15, 0.2) is 18.2 Å². The van der Waals surface area contributed by atoms with Crippen LogP contribution in [0.3, 0.4) is 0 Å². The summed E-state index contributed by atoms with van der Waals surface area (Å²) in [6.45, 7) is 8.42. The van der Waals surface area contributed by atoms with E-state index in [1.54, 1.807) is 0 Å². The van der Waals surface area contributed by atoms with Gasteiger partial charge in [-0.15, -0.1) is 0 Å². The highest BCUT2D eigenvalue weighted by Crippen LogP contribution is 2.20. The van der Waals surface area contributed by atoms with E-state index in [4.69, 9.17) is 0 Å². The number of nitrogens with zero attached hydrogens (tertiary/aromatic N) is 2. The van der Waals surface area contributed by atoms with Crippen LogP contribution >= 0.6 is 0 Å². The van der Waals surface area contributed by atoms with Crippen LogP contribution in [0.2, 0.25) is 0 Å². The van der Waals surface area contributed by atoms with Gasteiger partial charge in [0, 0.05) is 17.8 Å². The first-order chi connectivity index (χ1) is 11.9. The third kappa shape index (κ3) is 4.25. The molecule has 25 heavy (non-hydrogen) atoms. The smallest absolute Gasteiger partial charge is 0.226 e. The predicted octanol–water partition coefficient (Wildman–Crippen LogP) is 2.86. The molecule has 6 heteroatoms. The quantitative estimate of drug-likeness (QED) is 0.779. The van der Waals surface area contributed by atoms with Crippen LogP contribution in [-0.4, -0.2) is 28.2 Å². The molecule has 6 nitrogen and oxygen atoms in total. The number of amides is 1. The fraction of sp³-hybridized carbons (Fsp3) is 0.526. The number of aromatic nitrogens is 2. The van der Waals surface area contributed by atoms with Crippen LogP contribution in [0.4, 0.5) is 5.95 Å². The standard InChI is InChI=1S/C19H27N5O/c1-11(2)8-9-14-10-16(25)22-19(21-14)24-18-20-13(4)15-7-5-6-12(3)17(15)23-18/h5-7,11,14,19,21H,8-10H2,1-4H3,(H,22,25)(H,20,23,24). The third-order valence-electron chi connectivity index (χ3n) is 4.62. The zero-order valence-corrected chi connectivity index (χ0v) is 15.4. The fourth-order valence-electron chi connectivity index (χ4n) is 3.22. The largest absolute Gasteiger partial charge is 0.323 e. The molecule has 2 unspecified atom stereocenters. The normalized spacial score (nSPS) is 20.8. The zero-order chi connectivity index (χ0) is 18.0. The minimum Gasteiger partial charge on any atom is -0.323 e. The fourth-order valence-corrected chi connectivity index (χ4v) is 3.22. The molecule has 1 aliphatic rings. The van der Waals surface area contributed by atoms with Gasteiger partial charge in [0.25, 0.3) is 0 Å². The average Bonchev–Trinajstić information content (AvgIpc) is 2.53. The van der Waals surface area contributed by atoms with E-state index < -0.39 is 0 Å². The average molecular weight is 341 g/mol. The van der Waals surface area contributed by atoms with E-state index in [2.05, 4.69) is 39.8 Å². The van der Waals surface area contributed by atoms with Gasteiger partial charge in [0.2, 0.25) is 11.9 Å². The Bertz CT molecular complexity index is 774. The number of hydrogen-bond acceptors (Lipinski definition) is 5. The minimum atomic E-state index is -0.348. The SMILES string of the molecule is Cc1nc(NC2NC(=O)CC(CCC(C)C)N2)nc2c(C)cccc12. The maximum atomic E-state index is 12.0. The summed E-state index contributed by atoms with van der Waals surface area (Å²) in [6.07, 6.45) is 2.25. The van der Waals surface area contributed by atoms with Crippen molar-refractivity contribution in [2.75, 3.05) is 5.32 Å². The van der Waals surface area contributed by atoms with Crippen molar-refractivity contribution in [3.8, 4) is 0 Å². The van der Waals surface area contributed by atoms with Gasteiger partial charge in [0.15, 0.2) is 6.29 Å². The molecule has 1 amide bonds. The maximum absolute atomic E-state index is 12.0. The Morgan fingerprint density at radius 3 is 2.84 bits per heavy atom. The van der Waals surface area contributed by atoms with Gasteiger partial charge in [-0.2, -0.15) is 0 Å². The molecule has 3 N–H and O–H groups in total. The number of para-hydroxylation sites is 1. The van der Waals surface area contributed by atoms with Crippen LogP contribution in [0.25, 0.3) is 10.9 Å². The van der Waals surface area contributed by atoms with Gasteiger partial charge in [0.1, 0.15) is 0 Å². The van der Waals surface area contributed by atoms with Crippen molar-refractivity contribution < 1.29 is 4.79 Å². The number of benzene rings is 1. The lowest BCUT2D eigenvalue weighted by Gasteiger charge is -2.32. The van der Waals surface area contributed by atoms with Crippen molar-refractivity contribution in [2.45, 2.75) is 59.3 Å². The number of rotatable bonds is 5. The Hall–Kier alpha value is -2.21. The molecule has 1 aromatic carbocycles. The van der Waals surface area contributed by atoms with Gasteiger partial charge in [-0.1, -0.05) is 32.0 Å². The highest BCUT2D eigenvalue weighted by atomic mass is 16.2. The van der Waals surface area contributed by atoms with E-state index in [-0.39, 0.29) is 18.2 Å². The molecule has 1 aliphatic heterocycles. The Kier molecular flexibility index (Phi) is 5.18. The number of anilines is 1.